The molecule has 2 heterocycles. The largest absolute Gasteiger partial charge is 0.495 e. The normalized spacial score (nSPS) is 23.7. The van der Waals surface area contributed by atoms with Gasteiger partial charge in [-0.3, -0.25) is 4.79 Å². The van der Waals surface area contributed by atoms with E-state index in [1.807, 2.05) is 6.07 Å². The summed E-state index contributed by atoms with van der Waals surface area (Å²) in [7, 11) is 1.43. The third-order valence-corrected chi connectivity index (χ3v) is 4.22. The van der Waals surface area contributed by atoms with Crippen molar-refractivity contribution in [3.8, 4) is 11.8 Å². The van der Waals surface area contributed by atoms with Crippen LogP contribution in [0.5, 0.6) is 5.75 Å². The molecule has 0 saturated carbocycles. The Balaban J connectivity index is 2.08. The van der Waals surface area contributed by atoms with Crippen molar-refractivity contribution in [2.75, 3.05) is 18.6 Å². The van der Waals surface area contributed by atoms with E-state index in [0.29, 0.717) is 35.5 Å². The SMILES string of the molecule is COc1c(C#N)ccc(N2C(=O)C3C(O)CCN3C2=O)c1C. The van der Waals surface area contributed by atoms with Gasteiger partial charge in [-0.05, 0) is 25.5 Å². The molecule has 0 spiro atoms. The fourth-order valence-electron chi connectivity index (χ4n) is 3.14. The van der Waals surface area contributed by atoms with Crippen molar-refractivity contribution < 1.29 is 19.4 Å². The number of urea groups is 1. The summed E-state index contributed by atoms with van der Waals surface area (Å²) in [4.78, 5) is 27.4. The number of hydrogen-bond acceptors (Lipinski definition) is 5. The van der Waals surface area contributed by atoms with Gasteiger partial charge in [-0.1, -0.05) is 0 Å². The van der Waals surface area contributed by atoms with E-state index in [1.54, 1.807) is 13.0 Å². The number of rotatable bonds is 2. The molecule has 0 aliphatic carbocycles. The predicted molar refractivity (Wildman–Crippen MR) is 76.4 cm³/mol. The molecule has 2 atom stereocenters. The van der Waals surface area contributed by atoms with Crippen molar-refractivity contribution in [1.82, 2.24) is 4.90 Å². The molecule has 1 aromatic carbocycles. The molecule has 114 valence electrons. The van der Waals surface area contributed by atoms with Gasteiger partial charge in [0.05, 0.1) is 24.5 Å². The van der Waals surface area contributed by atoms with Crippen molar-refractivity contribution in [2.24, 2.45) is 0 Å². The highest BCUT2D eigenvalue weighted by Gasteiger charge is 2.52. The van der Waals surface area contributed by atoms with Crippen LogP contribution in [0.2, 0.25) is 0 Å². The maximum atomic E-state index is 12.5. The number of ether oxygens (including phenoxy) is 1. The first kappa shape index (κ1) is 14.4. The van der Waals surface area contributed by atoms with Crippen molar-refractivity contribution in [3.63, 3.8) is 0 Å². The molecular formula is C15H15N3O4. The Morgan fingerprint density at radius 2 is 2.14 bits per heavy atom. The lowest BCUT2D eigenvalue weighted by Gasteiger charge is -2.19. The zero-order valence-electron chi connectivity index (χ0n) is 12.2. The molecular weight excluding hydrogens is 286 g/mol. The van der Waals surface area contributed by atoms with Crippen LogP contribution in [0.4, 0.5) is 10.5 Å². The number of carbonyl (C=O) groups is 2. The molecule has 2 saturated heterocycles. The first-order valence-corrected chi connectivity index (χ1v) is 6.91. The molecule has 1 aromatic rings. The van der Waals surface area contributed by atoms with Crippen molar-refractivity contribution in [2.45, 2.75) is 25.5 Å². The molecule has 0 bridgehead atoms. The number of nitriles is 1. The lowest BCUT2D eigenvalue weighted by molar-refractivity contribution is -0.121. The molecule has 1 N–H and O–H groups in total. The van der Waals surface area contributed by atoms with E-state index in [9.17, 15) is 14.7 Å². The highest BCUT2D eigenvalue weighted by Crippen LogP contribution is 2.37. The van der Waals surface area contributed by atoms with Gasteiger partial charge >= 0.3 is 6.03 Å². The smallest absolute Gasteiger partial charge is 0.332 e. The van der Waals surface area contributed by atoms with E-state index in [1.165, 1.54) is 18.1 Å². The molecule has 3 amide bonds. The topological polar surface area (TPSA) is 93.9 Å². The molecule has 22 heavy (non-hydrogen) atoms. The molecule has 2 unspecified atom stereocenters. The Bertz CT molecular complexity index is 709. The van der Waals surface area contributed by atoms with Gasteiger partial charge in [0, 0.05) is 12.1 Å². The number of methoxy groups -OCH3 is 1. The second-order valence-electron chi connectivity index (χ2n) is 5.35. The quantitative estimate of drug-likeness (QED) is 0.815. The maximum Gasteiger partial charge on any atom is 0.332 e. The first-order valence-electron chi connectivity index (χ1n) is 6.91. The summed E-state index contributed by atoms with van der Waals surface area (Å²) in [5.41, 5.74) is 1.26. The number of imide groups is 1. The van der Waals surface area contributed by atoms with Crippen LogP contribution < -0.4 is 9.64 Å². The summed E-state index contributed by atoms with van der Waals surface area (Å²) in [6.45, 7) is 2.05. The van der Waals surface area contributed by atoms with E-state index in [4.69, 9.17) is 10.00 Å². The van der Waals surface area contributed by atoms with Gasteiger partial charge in [0.25, 0.3) is 5.91 Å². The third-order valence-electron chi connectivity index (χ3n) is 4.22. The fourth-order valence-corrected chi connectivity index (χ4v) is 3.14. The number of aliphatic hydroxyl groups excluding tert-OH is 1. The van der Waals surface area contributed by atoms with Crippen LogP contribution in [0.15, 0.2) is 12.1 Å². The van der Waals surface area contributed by atoms with Gasteiger partial charge in [0.2, 0.25) is 0 Å². The minimum atomic E-state index is -0.831. The Morgan fingerprint density at radius 3 is 2.73 bits per heavy atom. The number of nitrogens with zero attached hydrogens (tertiary/aromatic N) is 3. The van der Waals surface area contributed by atoms with Gasteiger partial charge in [-0.25, -0.2) is 9.69 Å². The number of aliphatic hydroxyl groups is 1. The molecule has 7 heteroatoms. The average molecular weight is 301 g/mol. The van der Waals surface area contributed by atoms with Crippen LogP contribution in [0, 0.1) is 18.3 Å². The molecule has 0 aromatic heterocycles. The van der Waals surface area contributed by atoms with Gasteiger partial charge in [0.1, 0.15) is 17.9 Å². The summed E-state index contributed by atoms with van der Waals surface area (Å²) < 4.78 is 5.22. The van der Waals surface area contributed by atoms with Gasteiger partial charge in [-0.2, -0.15) is 5.26 Å². The van der Waals surface area contributed by atoms with E-state index in [-0.39, 0.29) is 0 Å². The van der Waals surface area contributed by atoms with Crippen LogP contribution in [0.25, 0.3) is 0 Å². The van der Waals surface area contributed by atoms with Crippen LogP contribution in [0.3, 0.4) is 0 Å². The van der Waals surface area contributed by atoms with Gasteiger partial charge in [-0.15, -0.1) is 0 Å². The van der Waals surface area contributed by atoms with Crippen LogP contribution in [-0.4, -0.2) is 47.7 Å². The van der Waals surface area contributed by atoms with Crippen molar-refractivity contribution in [3.05, 3.63) is 23.3 Å². The monoisotopic (exact) mass is 301 g/mol. The van der Waals surface area contributed by atoms with Crippen LogP contribution >= 0.6 is 0 Å². The molecule has 2 aliphatic rings. The maximum absolute atomic E-state index is 12.5. The number of carbonyl (C=O) groups excluding carboxylic acids is 2. The minimum absolute atomic E-state index is 0.336. The van der Waals surface area contributed by atoms with Gasteiger partial charge < -0.3 is 14.7 Å². The van der Waals surface area contributed by atoms with Crippen molar-refractivity contribution in [1.29, 1.82) is 5.26 Å². The van der Waals surface area contributed by atoms with Crippen LogP contribution in [-0.2, 0) is 4.79 Å². The Labute approximate surface area is 127 Å². The average Bonchev–Trinajstić information content (AvgIpc) is 3.00. The second kappa shape index (κ2) is 5.00. The zero-order chi connectivity index (χ0) is 16.0. The third kappa shape index (κ3) is 1.77. The summed E-state index contributed by atoms with van der Waals surface area (Å²) in [5.74, 6) is -0.0990. The standard InChI is InChI=1S/C15H15N3O4/c1-8-10(4-3-9(7-16)13(8)22-2)18-14(20)12-11(19)5-6-17(12)15(18)21/h3-4,11-12,19H,5-6H2,1-2H3. The summed E-state index contributed by atoms with van der Waals surface area (Å²) in [5, 5.41) is 19.0. The number of fused-ring (bicyclic) bond motifs is 1. The Kier molecular flexibility index (Phi) is 3.26. The molecule has 7 nitrogen and oxygen atoms in total. The fraction of sp³-hybridized carbons (Fsp3) is 0.400. The Morgan fingerprint density at radius 1 is 1.41 bits per heavy atom. The van der Waals surface area contributed by atoms with E-state index >= 15 is 0 Å². The molecule has 2 aliphatic heterocycles. The highest BCUT2D eigenvalue weighted by molar-refractivity contribution is 6.22. The molecule has 0 radical (unpaired) electrons. The lowest BCUT2D eigenvalue weighted by atomic mass is 10.1. The van der Waals surface area contributed by atoms with E-state index in [2.05, 4.69) is 0 Å². The summed E-state index contributed by atoms with van der Waals surface area (Å²) >= 11 is 0. The minimum Gasteiger partial charge on any atom is -0.495 e. The van der Waals surface area contributed by atoms with E-state index in [0.717, 1.165) is 4.90 Å². The number of anilines is 1. The number of benzene rings is 1. The van der Waals surface area contributed by atoms with E-state index < -0.39 is 24.1 Å². The molecule has 3 rings (SSSR count). The number of hydrogen-bond donors (Lipinski definition) is 1. The molecule has 2 fully saturated rings. The summed E-state index contributed by atoms with van der Waals surface area (Å²) in [6, 6.07) is 3.83. The lowest BCUT2D eigenvalue weighted by Crippen LogP contribution is -2.36. The highest BCUT2D eigenvalue weighted by atomic mass is 16.5. The van der Waals surface area contributed by atoms with Crippen LogP contribution in [0.1, 0.15) is 17.5 Å². The summed E-state index contributed by atoms with van der Waals surface area (Å²) in [6.07, 6.45) is -0.423. The number of amides is 3. The second-order valence-corrected chi connectivity index (χ2v) is 5.35. The predicted octanol–water partition coefficient (Wildman–Crippen LogP) is 0.777. The van der Waals surface area contributed by atoms with Gasteiger partial charge in [0.15, 0.2) is 0 Å². The Hall–Kier alpha value is -2.59. The first-order chi connectivity index (χ1) is 10.5. The zero-order valence-corrected chi connectivity index (χ0v) is 12.2. The van der Waals surface area contributed by atoms with Crippen molar-refractivity contribution >= 4 is 17.6 Å².